The van der Waals surface area contributed by atoms with Crippen molar-refractivity contribution >= 4 is 5.97 Å². The minimum atomic E-state index is -0.460. The molecule has 0 aliphatic carbocycles. The smallest absolute Gasteiger partial charge is 0.325 e. The second-order valence-electron chi connectivity index (χ2n) is 3.85. The number of hydrogen-bond acceptors (Lipinski definition) is 5. The predicted molar refractivity (Wildman–Crippen MR) is 47.7 cm³/mol. The summed E-state index contributed by atoms with van der Waals surface area (Å²) in [6, 6.07) is -0.353. The first kappa shape index (κ1) is 9.89. The van der Waals surface area contributed by atoms with E-state index >= 15 is 0 Å². The van der Waals surface area contributed by atoms with Gasteiger partial charge in [-0.05, 0) is 6.92 Å². The van der Waals surface area contributed by atoms with E-state index in [1.165, 1.54) is 7.11 Å². The minimum Gasteiger partial charge on any atom is -0.468 e. The zero-order chi connectivity index (χ0) is 10.2. The van der Waals surface area contributed by atoms with E-state index in [2.05, 4.69) is 10.1 Å². The molecular weight excluding hydrogens is 186 g/mol. The average molecular weight is 201 g/mol. The first-order chi connectivity index (χ1) is 6.65. The van der Waals surface area contributed by atoms with E-state index in [9.17, 15) is 4.79 Å². The van der Waals surface area contributed by atoms with Crippen LogP contribution in [0.15, 0.2) is 0 Å². The molecule has 5 heteroatoms. The van der Waals surface area contributed by atoms with Crippen molar-refractivity contribution in [3.05, 3.63) is 0 Å². The maximum absolute atomic E-state index is 11.2. The highest BCUT2D eigenvalue weighted by atomic mass is 16.6. The van der Waals surface area contributed by atoms with Crippen LogP contribution in [0, 0.1) is 0 Å². The van der Waals surface area contributed by atoms with Gasteiger partial charge in [-0.25, -0.2) is 0 Å². The Morgan fingerprint density at radius 3 is 3.00 bits per heavy atom. The molecule has 2 fully saturated rings. The molecule has 14 heavy (non-hydrogen) atoms. The third-order valence-corrected chi connectivity index (χ3v) is 2.67. The molecule has 0 bridgehead atoms. The van der Waals surface area contributed by atoms with Crippen molar-refractivity contribution in [1.29, 1.82) is 0 Å². The number of rotatable bonds is 1. The number of esters is 1. The summed E-state index contributed by atoms with van der Waals surface area (Å²) < 4.78 is 15.6. The van der Waals surface area contributed by atoms with E-state index < -0.39 is 5.72 Å². The van der Waals surface area contributed by atoms with Gasteiger partial charge < -0.3 is 14.2 Å². The van der Waals surface area contributed by atoms with Crippen molar-refractivity contribution in [3.63, 3.8) is 0 Å². The third-order valence-electron chi connectivity index (χ3n) is 2.67. The van der Waals surface area contributed by atoms with E-state index in [0.717, 1.165) is 6.42 Å². The molecule has 0 aromatic heterocycles. The van der Waals surface area contributed by atoms with Crippen molar-refractivity contribution in [2.24, 2.45) is 0 Å². The Morgan fingerprint density at radius 2 is 2.43 bits per heavy atom. The van der Waals surface area contributed by atoms with Crippen LogP contribution in [-0.4, -0.2) is 44.2 Å². The van der Waals surface area contributed by atoms with Gasteiger partial charge in [0.15, 0.2) is 0 Å². The fourth-order valence-electron chi connectivity index (χ4n) is 1.97. The maximum Gasteiger partial charge on any atom is 0.325 e. The Hall–Kier alpha value is -0.650. The van der Waals surface area contributed by atoms with Gasteiger partial charge in [0.2, 0.25) is 0 Å². The molecule has 0 aromatic carbocycles. The zero-order valence-electron chi connectivity index (χ0n) is 8.41. The highest BCUT2D eigenvalue weighted by Gasteiger charge is 2.47. The van der Waals surface area contributed by atoms with Crippen molar-refractivity contribution in [1.82, 2.24) is 5.32 Å². The first-order valence-electron chi connectivity index (χ1n) is 4.76. The van der Waals surface area contributed by atoms with Crippen LogP contribution in [0.4, 0.5) is 0 Å². The number of methoxy groups -OCH3 is 1. The molecule has 0 saturated carbocycles. The van der Waals surface area contributed by atoms with Crippen LogP contribution in [0.2, 0.25) is 0 Å². The van der Waals surface area contributed by atoms with Crippen LogP contribution in [0.3, 0.4) is 0 Å². The van der Waals surface area contributed by atoms with Crippen LogP contribution in [0.25, 0.3) is 0 Å². The van der Waals surface area contributed by atoms with Gasteiger partial charge in [-0.1, -0.05) is 0 Å². The van der Waals surface area contributed by atoms with E-state index in [-0.39, 0.29) is 18.1 Å². The minimum absolute atomic E-state index is 0.180. The van der Waals surface area contributed by atoms with Crippen LogP contribution < -0.4 is 5.32 Å². The quantitative estimate of drug-likeness (QED) is 0.588. The zero-order valence-corrected chi connectivity index (χ0v) is 8.41. The van der Waals surface area contributed by atoms with Gasteiger partial charge in [-0.15, -0.1) is 0 Å². The monoisotopic (exact) mass is 201 g/mol. The van der Waals surface area contributed by atoms with E-state index in [4.69, 9.17) is 9.47 Å². The van der Waals surface area contributed by atoms with E-state index in [1.54, 1.807) is 0 Å². The number of hydrogen-bond donors (Lipinski definition) is 1. The Kier molecular flexibility index (Phi) is 2.47. The van der Waals surface area contributed by atoms with Gasteiger partial charge in [0.25, 0.3) is 0 Å². The van der Waals surface area contributed by atoms with Gasteiger partial charge in [-0.2, -0.15) is 0 Å². The molecule has 5 nitrogen and oxygen atoms in total. The van der Waals surface area contributed by atoms with E-state index in [0.29, 0.717) is 13.2 Å². The van der Waals surface area contributed by atoms with Crippen molar-refractivity contribution in [2.75, 3.05) is 20.3 Å². The summed E-state index contributed by atoms with van der Waals surface area (Å²) in [4.78, 5) is 11.2. The Morgan fingerprint density at radius 1 is 1.64 bits per heavy atom. The van der Waals surface area contributed by atoms with Crippen molar-refractivity contribution in [3.8, 4) is 0 Å². The largest absolute Gasteiger partial charge is 0.468 e. The average Bonchev–Trinajstić information content (AvgIpc) is 2.74. The summed E-state index contributed by atoms with van der Waals surface area (Å²) in [5.74, 6) is -0.276. The highest BCUT2D eigenvalue weighted by Crippen LogP contribution is 2.29. The first-order valence-corrected chi connectivity index (χ1v) is 4.76. The topological polar surface area (TPSA) is 56.8 Å². The van der Waals surface area contributed by atoms with Gasteiger partial charge in [-0.3, -0.25) is 10.1 Å². The SMILES string of the molecule is COC(=O)C1COC2(COC(C)C2)N1. The molecule has 0 radical (unpaired) electrons. The summed E-state index contributed by atoms with van der Waals surface area (Å²) in [5.41, 5.74) is -0.460. The molecule has 0 amide bonds. The summed E-state index contributed by atoms with van der Waals surface area (Å²) >= 11 is 0. The summed E-state index contributed by atoms with van der Waals surface area (Å²) in [6.07, 6.45) is 0.958. The van der Waals surface area contributed by atoms with Gasteiger partial charge in [0.05, 0.1) is 26.4 Å². The molecule has 3 atom stereocenters. The lowest BCUT2D eigenvalue weighted by Crippen LogP contribution is -2.47. The standard InChI is InChI=1S/C9H15NO4/c1-6-3-9(5-13-6)10-7(4-14-9)8(11)12-2/h6-7,10H,3-5H2,1-2H3. The molecular formula is C9H15NO4. The van der Waals surface area contributed by atoms with Crippen LogP contribution in [-0.2, 0) is 19.0 Å². The predicted octanol–water partition coefficient (Wildman–Crippen LogP) is -0.347. The second kappa shape index (κ2) is 3.49. The molecule has 2 aliphatic rings. The fraction of sp³-hybridized carbons (Fsp3) is 0.889. The maximum atomic E-state index is 11.2. The van der Waals surface area contributed by atoms with Gasteiger partial charge in [0, 0.05) is 6.42 Å². The molecule has 0 aromatic rings. The normalized spacial score (nSPS) is 41.9. The summed E-state index contributed by atoms with van der Waals surface area (Å²) in [5, 5.41) is 3.13. The van der Waals surface area contributed by atoms with Crippen LogP contribution in [0.5, 0.6) is 0 Å². The Labute approximate surface area is 82.7 Å². The van der Waals surface area contributed by atoms with Gasteiger partial charge in [0.1, 0.15) is 11.8 Å². The number of carbonyl (C=O) groups is 1. The molecule has 2 rings (SSSR count). The lowest BCUT2D eigenvalue weighted by Gasteiger charge is -2.20. The van der Waals surface area contributed by atoms with E-state index in [1.807, 2.05) is 6.92 Å². The van der Waals surface area contributed by atoms with Crippen molar-refractivity contribution < 1.29 is 19.0 Å². The van der Waals surface area contributed by atoms with Gasteiger partial charge >= 0.3 is 5.97 Å². The lowest BCUT2D eigenvalue weighted by atomic mass is 10.1. The molecule has 1 spiro atoms. The summed E-state index contributed by atoms with van der Waals surface area (Å²) in [7, 11) is 1.38. The lowest BCUT2D eigenvalue weighted by molar-refractivity contribution is -0.142. The number of carbonyl (C=O) groups excluding carboxylic acids is 1. The highest BCUT2D eigenvalue weighted by molar-refractivity contribution is 5.76. The molecule has 3 unspecified atom stereocenters. The third kappa shape index (κ3) is 1.63. The second-order valence-corrected chi connectivity index (χ2v) is 3.85. The Bertz CT molecular complexity index is 245. The Balaban J connectivity index is 1.97. The fourth-order valence-corrected chi connectivity index (χ4v) is 1.97. The molecule has 2 heterocycles. The summed E-state index contributed by atoms with van der Waals surface area (Å²) in [6.45, 7) is 2.86. The van der Waals surface area contributed by atoms with Crippen LogP contribution in [0.1, 0.15) is 13.3 Å². The molecule has 2 saturated heterocycles. The number of ether oxygens (including phenoxy) is 3. The molecule has 1 N–H and O–H groups in total. The number of nitrogens with one attached hydrogen (secondary N) is 1. The van der Waals surface area contributed by atoms with Crippen molar-refractivity contribution in [2.45, 2.75) is 31.2 Å². The molecule has 2 aliphatic heterocycles. The van der Waals surface area contributed by atoms with Crippen LogP contribution >= 0.6 is 0 Å². The molecule has 80 valence electrons.